The van der Waals surface area contributed by atoms with Gasteiger partial charge in [-0.05, 0) is 17.3 Å². The molecular weight excluding hydrogens is 204 g/mol. The van der Waals surface area contributed by atoms with E-state index in [0.717, 1.165) is 11.0 Å². The maximum atomic E-state index is 11.8. The summed E-state index contributed by atoms with van der Waals surface area (Å²) in [5.74, 6) is -0.0943. The molecule has 0 aliphatic carbocycles. The largest absolute Gasteiger partial charge is 0.273 e. The van der Waals surface area contributed by atoms with Gasteiger partial charge in [0.2, 0.25) is 5.91 Å². The molecule has 16 heavy (non-hydrogen) atoms. The lowest BCUT2D eigenvalue weighted by Crippen LogP contribution is -2.34. The molecule has 1 amide bonds. The van der Waals surface area contributed by atoms with Gasteiger partial charge in [0.05, 0.1) is 0 Å². The van der Waals surface area contributed by atoms with Crippen molar-refractivity contribution in [3.05, 3.63) is 24.3 Å². The molecule has 2 aromatic rings. The normalized spacial score (nSPS) is 11.7. The molecule has 1 N–H and O–H groups in total. The van der Waals surface area contributed by atoms with Crippen LogP contribution in [0.25, 0.3) is 11.0 Å². The minimum Gasteiger partial charge on any atom is -0.273 e. The van der Waals surface area contributed by atoms with Crippen LogP contribution in [0.3, 0.4) is 0 Å². The van der Waals surface area contributed by atoms with E-state index in [2.05, 4.69) is 15.7 Å². The van der Waals surface area contributed by atoms with E-state index in [1.165, 1.54) is 4.79 Å². The number of rotatable bonds is 1. The van der Waals surface area contributed by atoms with Crippen molar-refractivity contribution in [3.8, 4) is 0 Å². The number of para-hydroxylation sites is 1. The van der Waals surface area contributed by atoms with Crippen LogP contribution in [0, 0.1) is 5.41 Å². The third kappa shape index (κ3) is 1.88. The fraction of sp³-hybridized carbons (Fsp3) is 0.364. The molecule has 0 aliphatic heterocycles. The first-order chi connectivity index (χ1) is 7.48. The fourth-order valence-corrected chi connectivity index (χ4v) is 1.22. The number of carbonyl (C=O) groups excluding carboxylic acids is 1. The molecule has 1 aromatic heterocycles. The van der Waals surface area contributed by atoms with Gasteiger partial charge >= 0.3 is 0 Å². The Morgan fingerprint density at radius 1 is 1.31 bits per heavy atom. The van der Waals surface area contributed by atoms with Crippen LogP contribution in [-0.4, -0.2) is 21.0 Å². The highest BCUT2D eigenvalue weighted by molar-refractivity contribution is 5.89. The highest BCUT2D eigenvalue weighted by Crippen LogP contribution is 2.14. The first-order valence-electron chi connectivity index (χ1n) is 5.10. The van der Waals surface area contributed by atoms with E-state index in [-0.39, 0.29) is 5.91 Å². The molecule has 0 spiro atoms. The number of aromatic nitrogens is 3. The topological polar surface area (TPSA) is 59.8 Å². The average Bonchev–Trinajstić information content (AvgIpc) is 2.61. The quantitative estimate of drug-likeness (QED) is 0.790. The van der Waals surface area contributed by atoms with Gasteiger partial charge in [-0.15, -0.1) is 5.10 Å². The summed E-state index contributed by atoms with van der Waals surface area (Å²) in [4.78, 5) is 13.2. The van der Waals surface area contributed by atoms with Crippen LogP contribution in [0.15, 0.2) is 24.3 Å². The van der Waals surface area contributed by atoms with Gasteiger partial charge in [-0.25, -0.2) is 5.43 Å². The van der Waals surface area contributed by atoms with Gasteiger partial charge in [0, 0.05) is 5.41 Å². The SMILES string of the molecule is CC(C)(C)C(=O)Nn1nnc2ccccc21. The van der Waals surface area contributed by atoms with Crippen molar-refractivity contribution in [2.24, 2.45) is 5.41 Å². The van der Waals surface area contributed by atoms with Crippen molar-refractivity contribution in [1.82, 2.24) is 15.1 Å². The number of carbonyl (C=O) groups is 1. The lowest BCUT2D eigenvalue weighted by molar-refractivity contribution is -0.124. The molecule has 1 heterocycles. The number of nitrogens with one attached hydrogen (secondary N) is 1. The lowest BCUT2D eigenvalue weighted by atomic mass is 9.96. The number of hydrogen-bond donors (Lipinski definition) is 1. The van der Waals surface area contributed by atoms with Crippen LogP contribution < -0.4 is 5.43 Å². The number of fused-ring (bicyclic) bond motifs is 1. The number of benzene rings is 1. The predicted molar refractivity (Wildman–Crippen MR) is 61.4 cm³/mol. The maximum absolute atomic E-state index is 11.8. The van der Waals surface area contributed by atoms with E-state index < -0.39 is 5.41 Å². The van der Waals surface area contributed by atoms with E-state index in [4.69, 9.17) is 0 Å². The molecule has 5 nitrogen and oxygen atoms in total. The molecule has 84 valence electrons. The van der Waals surface area contributed by atoms with Crippen LogP contribution in [0.5, 0.6) is 0 Å². The molecule has 0 fully saturated rings. The minimum absolute atomic E-state index is 0.0943. The van der Waals surface area contributed by atoms with Gasteiger partial charge in [0.25, 0.3) is 0 Å². The molecule has 0 saturated heterocycles. The minimum atomic E-state index is -0.451. The van der Waals surface area contributed by atoms with Gasteiger partial charge in [0.15, 0.2) is 0 Å². The van der Waals surface area contributed by atoms with Crippen molar-refractivity contribution < 1.29 is 4.79 Å². The molecule has 2 rings (SSSR count). The Morgan fingerprint density at radius 3 is 2.69 bits per heavy atom. The molecule has 1 aromatic carbocycles. The van der Waals surface area contributed by atoms with Crippen LogP contribution in [0.1, 0.15) is 20.8 Å². The summed E-state index contributed by atoms with van der Waals surface area (Å²) in [6.45, 7) is 5.55. The predicted octanol–water partition coefficient (Wildman–Crippen LogP) is 1.55. The standard InChI is InChI=1S/C11H14N4O/c1-11(2,3)10(16)13-15-9-7-5-4-6-8(9)12-14-15/h4-7H,1-3H3,(H,13,16). The van der Waals surface area contributed by atoms with Crippen molar-refractivity contribution >= 4 is 16.9 Å². The van der Waals surface area contributed by atoms with Crippen LogP contribution in [0.4, 0.5) is 0 Å². The van der Waals surface area contributed by atoms with Gasteiger partial charge in [-0.3, -0.25) is 4.79 Å². The zero-order valence-electron chi connectivity index (χ0n) is 9.56. The van der Waals surface area contributed by atoms with Crippen molar-refractivity contribution in [2.45, 2.75) is 20.8 Å². The molecule has 0 radical (unpaired) electrons. The molecule has 0 bridgehead atoms. The highest BCUT2D eigenvalue weighted by atomic mass is 16.2. The zero-order chi connectivity index (χ0) is 11.8. The molecule has 5 heteroatoms. The Labute approximate surface area is 93.4 Å². The number of amides is 1. The summed E-state index contributed by atoms with van der Waals surface area (Å²) >= 11 is 0. The molecule has 0 saturated carbocycles. The first-order valence-corrected chi connectivity index (χ1v) is 5.10. The Hall–Kier alpha value is -1.91. The number of hydrogen-bond acceptors (Lipinski definition) is 3. The smallest absolute Gasteiger partial charge is 0.245 e. The average molecular weight is 218 g/mol. The van der Waals surface area contributed by atoms with Crippen molar-refractivity contribution in [2.75, 3.05) is 5.43 Å². The fourth-order valence-electron chi connectivity index (χ4n) is 1.22. The number of nitrogens with zero attached hydrogens (tertiary/aromatic N) is 3. The summed E-state index contributed by atoms with van der Waals surface area (Å²) in [6, 6.07) is 7.47. The van der Waals surface area contributed by atoms with Gasteiger partial charge < -0.3 is 0 Å². The second-order valence-electron chi connectivity index (χ2n) is 4.68. The summed E-state index contributed by atoms with van der Waals surface area (Å²) in [7, 11) is 0. The van der Waals surface area contributed by atoms with Crippen LogP contribution >= 0.6 is 0 Å². The van der Waals surface area contributed by atoms with Crippen molar-refractivity contribution in [1.29, 1.82) is 0 Å². The monoisotopic (exact) mass is 218 g/mol. The summed E-state index contributed by atoms with van der Waals surface area (Å²) in [5.41, 5.74) is 3.81. The van der Waals surface area contributed by atoms with Crippen LogP contribution in [-0.2, 0) is 4.79 Å². The third-order valence-corrected chi connectivity index (χ3v) is 2.24. The summed E-state index contributed by atoms with van der Waals surface area (Å²) in [6.07, 6.45) is 0. The zero-order valence-corrected chi connectivity index (χ0v) is 9.56. The van der Waals surface area contributed by atoms with E-state index in [0.29, 0.717) is 0 Å². The molecule has 0 aliphatic rings. The van der Waals surface area contributed by atoms with E-state index >= 15 is 0 Å². The second kappa shape index (κ2) is 3.59. The van der Waals surface area contributed by atoms with E-state index in [1.807, 2.05) is 45.0 Å². The molecule has 0 atom stereocenters. The Morgan fingerprint density at radius 2 is 2.00 bits per heavy atom. The van der Waals surface area contributed by atoms with E-state index in [1.54, 1.807) is 0 Å². The summed E-state index contributed by atoms with van der Waals surface area (Å²) < 4.78 is 0. The Bertz CT molecular complexity index is 524. The van der Waals surface area contributed by atoms with Gasteiger partial charge in [0.1, 0.15) is 11.0 Å². The van der Waals surface area contributed by atoms with Gasteiger partial charge in [-0.1, -0.05) is 32.9 Å². The highest BCUT2D eigenvalue weighted by Gasteiger charge is 2.22. The summed E-state index contributed by atoms with van der Waals surface area (Å²) in [5, 5.41) is 7.84. The first kappa shape index (κ1) is 10.6. The molecule has 0 unspecified atom stereocenters. The lowest BCUT2D eigenvalue weighted by Gasteiger charge is -2.17. The Kier molecular flexibility index (Phi) is 2.38. The van der Waals surface area contributed by atoms with Gasteiger partial charge in [-0.2, -0.15) is 4.79 Å². The maximum Gasteiger partial charge on any atom is 0.245 e. The van der Waals surface area contributed by atoms with Crippen molar-refractivity contribution in [3.63, 3.8) is 0 Å². The van der Waals surface area contributed by atoms with Crippen LogP contribution in [0.2, 0.25) is 0 Å². The Balaban J connectivity index is 2.32. The third-order valence-electron chi connectivity index (χ3n) is 2.24. The second-order valence-corrected chi connectivity index (χ2v) is 4.68. The molecular formula is C11H14N4O. The van der Waals surface area contributed by atoms with E-state index in [9.17, 15) is 4.79 Å².